The van der Waals surface area contributed by atoms with Crippen molar-refractivity contribution < 1.29 is 9.47 Å². The zero-order valence-corrected chi connectivity index (χ0v) is 15.7. The molecule has 0 bridgehead atoms. The zero-order valence-electron chi connectivity index (χ0n) is 14.8. The highest BCUT2D eigenvalue weighted by Crippen LogP contribution is 2.34. The summed E-state index contributed by atoms with van der Waals surface area (Å²) in [5.41, 5.74) is 3.33. The average molecular weight is 356 g/mol. The van der Waals surface area contributed by atoms with E-state index in [0.717, 1.165) is 22.7 Å². The lowest BCUT2D eigenvalue weighted by molar-refractivity contribution is 0.171. The van der Waals surface area contributed by atoms with Gasteiger partial charge < -0.3 is 20.1 Å². The predicted octanol–water partition coefficient (Wildman–Crippen LogP) is 4.45. The molecule has 0 aliphatic carbocycles. The van der Waals surface area contributed by atoms with Gasteiger partial charge in [0.05, 0.1) is 6.04 Å². The highest BCUT2D eigenvalue weighted by molar-refractivity contribution is 7.80. The van der Waals surface area contributed by atoms with Crippen molar-refractivity contribution in [2.24, 2.45) is 5.92 Å². The summed E-state index contributed by atoms with van der Waals surface area (Å²) in [4.78, 5) is 0. The molecule has 5 heteroatoms. The van der Waals surface area contributed by atoms with Crippen LogP contribution in [0.25, 0.3) is 0 Å². The van der Waals surface area contributed by atoms with E-state index in [4.69, 9.17) is 21.7 Å². The summed E-state index contributed by atoms with van der Waals surface area (Å²) in [6.45, 7) is 7.59. The third kappa shape index (κ3) is 4.42. The van der Waals surface area contributed by atoms with Crippen LogP contribution in [-0.2, 0) is 0 Å². The molecule has 0 radical (unpaired) electrons. The number of nitrogens with one attached hydrogen (secondary N) is 2. The maximum atomic E-state index is 5.70. The van der Waals surface area contributed by atoms with Crippen LogP contribution in [0.4, 0.5) is 5.69 Å². The second-order valence-corrected chi connectivity index (χ2v) is 7.00. The van der Waals surface area contributed by atoms with Crippen LogP contribution in [0.2, 0.25) is 0 Å². The number of hydrogen-bond donors (Lipinski definition) is 2. The highest BCUT2D eigenvalue weighted by Gasteiger charge is 2.20. The molecule has 0 fully saturated rings. The summed E-state index contributed by atoms with van der Waals surface area (Å²) >= 11 is 5.51. The molecule has 0 spiro atoms. The van der Waals surface area contributed by atoms with E-state index in [1.807, 2.05) is 24.3 Å². The minimum Gasteiger partial charge on any atom is -0.486 e. The van der Waals surface area contributed by atoms with E-state index >= 15 is 0 Å². The lowest BCUT2D eigenvalue weighted by Crippen LogP contribution is -2.35. The van der Waals surface area contributed by atoms with Crippen LogP contribution in [0.15, 0.2) is 42.5 Å². The van der Waals surface area contributed by atoms with Crippen molar-refractivity contribution in [1.82, 2.24) is 5.32 Å². The molecule has 0 saturated carbocycles. The van der Waals surface area contributed by atoms with E-state index in [9.17, 15) is 0 Å². The molecule has 0 saturated heterocycles. The van der Waals surface area contributed by atoms with Gasteiger partial charge in [-0.05, 0) is 54.9 Å². The van der Waals surface area contributed by atoms with E-state index in [1.165, 1.54) is 5.56 Å². The van der Waals surface area contributed by atoms with Crippen molar-refractivity contribution >= 4 is 23.0 Å². The molecule has 25 heavy (non-hydrogen) atoms. The van der Waals surface area contributed by atoms with E-state index in [0.29, 0.717) is 24.2 Å². The molecule has 2 aromatic carbocycles. The first-order chi connectivity index (χ1) is 12.0. The van der Waals surface area contributed by atoms with Crippen LogP contribution < -0.4 is 20.1 Å². The monoisotopic (exact) mass is 356 g/mol. The van der Waals surface area contributed by atoms with Gasteiger partial charge in [0.1, 0.15) is 13.2 Å². The molecule has 0 amide bonds. The highest BCUT2D eigenvalue weighted by atomic mass is 32.1. The van der Waals surface area contributed by atoms with E-state index < -0.39 is 0 Å². The number of hydrogen-bond acceptors (Lipinski definition) is 3. The molecule has 1 aliphatic heterocycles. The maximum absolute atomic E-state index is 5.70. The molecule has 2 aromatic rings. The maximum Gasteiger partial charge on any atom is 0.171 e. The van der Waals surface area contributed by atoms with Crippen molar-refractivity contribution in [2.45, 2.75) is 26.8 Å². The average Bonchev–Trinajstić information content (AvgIpc) is 2.61. The standard InChI is InChI=1S/C20H24N2O2S/c1-13(2)19(15-6-9-17-18(12-15)24-11-10-23-17)22-20(25)21-16-7-4-14(3)5-8-16/h4-9,12-13,19H,10-11H2,1-3H3,(H2,21,22,25)/t19-/m1/s1. The van der Waals surface area contributed by atoms with Gasteiger partial charge in [0.15, 0.2) is 16.6 Å². The Labute approximate surface area is 154 Å². The van der Waals surface area contributed by atoms with Crippen LogP contribution in [0.5, 0.6) is 11.5 Å². The quantitative estimate of drug-likeness (QED) is 0.792. The fourth-order valence-electron chi connectivity index (χ4n) is 2.83. The van der Waals surface area contributed by atoms with E-state index in [-0.39, 0.29) is 6.04 Å². The van der Waals surface area contributed by atoms with Gasteiger partial charge in [-0.3, -0.25) is 0 Å². The first-order valence-corrected chi connectivity index (χ1v) is 8.97. The lowest BCUT2D eigenvalue weighted by atomic mass is 9.95. The van der Waals surface area contributed by atoms with Crippen LogP contribution >= 0.6 is 12.2 Å². The van der Waals surface area contributed by atoms with Crippen molar-refractivity contribution in [3.05, 3.63) is 53.6 Å². The Morgan fingerprint density at radius 1 is 1.00 bits per heavy atom. The number of benzene rings is 2. The third-order valence-corrected chi connectivity index (χ3v) is 4.41. The first kappa shape index (κ1) is 17.5. The topological polar surface area (TPSA) is 42.5 Å². The summed E-state index contributed by atoms with van der Waals surface area (Å²) in [5.74, 6) is 1.96. The molecule has 132 valence electrons. The Balaban J connectivity index is 1.72. The Hall–Kier alpha value is -2.27. The smallest absolute Gasteiger partial charge is 0.171 e. The summed E-state index contributed by atoms with van der Waals surface area (Å²) in [5, 5.41) is 7.29. The molecular formula is C20H24N2O2S. The number of thiocarbonyl (C=S) groups is 1. The fourth-order valence-corrected chi connectivity index (χ4v) is 3.08. The van der Waals surface area contributed by atoms with Crippen LogP contribution in [0.1, 0.15) is 31.0 Å². The molecule has 0 unspecified atom stereocenters. The SMILES string of the molecule is Cc1ccc(NC(=S)N[C@@H](c2ccc3c(c2)OCCO3)C(C)C)cc1. The van der Waals surface area contributed by atoms with Crippen molar-refractivity contribution in [1.29, 1.82) is 0 Å². The Morgan fingerprint density at radius 3 is 2.36 bits per heavy atom. The summed E-state index contributed by atoms with van der Waals surface area (Å²) in [7, 11) is 0. The van der Waals surface area contributed by atoms with Crippen LogP contribution in [0, 0.1) is 12.8 Å². The normalized spacial score (nSPS) is 14.1. The second-order valence-electron chi connectivity index (χ2n) is 6.59. The summed E-state index contributed by atoms with van der Waals surface area (Å²) < 4.78 is 11.3. The van der Waals surface area contributed by atoms with Gasteiger partial charge in [-0.25, -0.2) is 0 Å². The molecular weight excluding hydrogens is 332 g/mol. The van der Waals surface area contributed by atoms with Crippen LogP contribution in [-0.4, -0.2) is 18.3 Å². The fraction of sp³-hybridized carbons (Fsp3) is 0.350. The number of rotatable bonds is 4. The van der Waals surface area contributed by atoms with Gasteiger partial charge in [-0.2, -0.15) is 0 Å². The number of anilines is 1. The molecule has 2 N–H and O–H groups in total. The molecule has 1 heterocycles. The molecule has 4 nitrogen and oxygen atoms in total. The van der Waals surface area contributed by atoms with Gasteiger partial charge in [-0.15, -0.1) is 0 Å². The minimum atomic E-state index is 0.0845. The number of aryl methyl sites for hydroxylation is 1. The summed E-state index contributed by atoms with van der Waals surface area (Å²) in [6.07, 6.45) is 0. The van der Waals surface area contributed by atoms with Crippen molar-refractivity contribution in [3.8, 4) is 11.5 Å². The number of fused-ring (bicyclic) bond motifs is 1. The number of ether oxygens (including phenoxy) is 2. The summed E-state index contributed by atoms with van der Waals surface area (Å²) in [6, 6.07) is 14.3. The van der Waals surface area contributed by atoms with Gasteiger partial charge in [-0.1, -0.05) is 37.6 Å². The third-order valence-electron chi connectivity index (χ3n) is 4.19. The van der Waals surface area contributed by atoms with Gasteiger partial charge >= 0.3 is 0 Å². The van der Waals surface area contributed by atoms with E-state index in [1.54, 1.807) is 0 Å². The molecule has 0 aromatic heterocycles. The lowest BCUT2D eigenvalue weighted by Gasteiger charge is -2.26. The largest absolute Gasteiger partial charge is 0.486 e. The van der Waals surface area contributed by atoms with Gasteiger partial charge in [0.25, 0.3) is 0 Å². The second kappa shape index (κ2) is 7.74. The molecule has 3 rings (SSSR count). The predicted molar refractivity (Wildman–Crippen MR) is 106 cm³/mol. The van der Waals surface area contributed by atoms with Gasteiger partial charge in [0.2, 0.25) is 0 Å². The van der Waals surface area contributed by atoms with Crippen LogP contribution in [0.3, 0.4) is 0 Å². The first-order valence-electron chi connectivity index (χ1n) is 8.56. The van der Waals surface area contributed by atoms with Crippen molar-refractivity contribution in [2.75, 3.05) is 18.5 Å². The zero-order chi connectivity index (χ0) is 17.8. The molecule has 1 aliphatic rings. The Bertz CT molecular complexity index is 744. The van der Waals surface area contributed by atoms with Gasteiger partial charge in [0, 0.05) is 5.69 Å². The van der Waals surface area contributed by atoms with E-state index in [2.05, 4.69) is 49.6 Å². The Morgan fingerprint density at radius 2 is 1.68 bits per heavy atom. The molecule has 1 atom stereocenters. The van der Waals surface area contributed by atoms with Crippen molar-refractivity contribution in [3.63, 3.8) is 0 Å². The minimum absolute atomic E-state index is 0.0845. The Kier molecular flexibility index (Phi) is 5.43.